The predicted molar refractivity (Wildman–Crippen MR) is 149 cm³/mol. The molecule has 0 amide bonds. The molecule has 0 heterocycles. The molecular formula is C34H48O2. The summed E-state index contributed by atoms with van der Waals surface area (Å²) in [5.41, 5.74) is 4.84. The van der Waals surface area contributed by atoms with E-state index in [1.165, 1.54) is 44.9 Å². The van der Waals surface area contributed by atoms with Gasteiger partial charge in [0.25, 0.3) is 0 Å². The fourth-order valence-electron chi connectivity index (χ4n) is 8.79. The van der Waals surface area contributed by atoms with Crippen molar-refractivity contribution in [1.82, 2.24) is 0 Å². The third-order valence-electron chi connectivity index (χ3n) is 11.0. The lowest BCUT2D eigenvalue weighted by Gasteiger charge is -2.53. The maximum atomic E-state index is 12.7. The van der Waals surface area contributed by atoms with Crippen LogP contribution in [0.3, 0.4) is 0 Å². The molecule has 36 heavy (non-hydrogen) atoms. The largest absolute Gasteiger partial charge is 0.459 e. The van der Waals surface area contributed by atoms with Crippen molar-refractivity contribution in [2.45, 2.75) is 105 Å². The molecule has 2 heteroatoms. The van der Waals surface area contributed by atoms with E-state index in [1.807, 2.05) is 30.3 Å². The van der Waals surface area contributed by atoms with Gasteiger partial charge >= 0.3 is 5.97 Å². The van der Waals surface area contributed by atoms with Crippen LogP contribution in [0.2, 0.25) is 0 Å². The first-order chi connectivity index (χ1) is 17.2. The summed E-state index contributed by atoms with van der Waals surface area (Å²) in [4.78, 5) is 12.7. The van der Waals surface area contributed by atoms with E-state index in [2.05, 4.69) is 46.8 Å². The lowest BCUT2D eigenvalue weighted by Crippen LogP contribution is -2.44. The summed E-state index contributed by atoms with van der Waals surface area (Å²) in [7, 11) is 0. The smallest absolute Gasteiger partial charge is 0.338 e. The van der Waals surface area contributed by atoms with Gasteiger partial charge in [-0.15, -0.1) is 0 Å². The third kappa shape index (κ3) is 4.63. The molecule has 196 valence electrons. The highest BCUT2D eigenvalue weighted by Crippen LogP contribution is 2.64. The summed E-state index contributed by atoms with van der Waals surface area (Å²) in [6.07, 6.45) is 17.7. The van der Waals surface area contributed by atoms with Crippen LogP contribution in [0.15, 0.2) is 53.6 Å². The first-order valence-corrected chi connectivity index (χ1v) is 14.9. The topological polar surface area (TPSA) is 26.3 Å². The van der Waals surface area contributed by atoms with Crippen molar-refractivity contribution in [2.75, 3.05) is 0 Å². The molecular weight excluding hydrogens is 440 g/mol. The molecule has 4 aliphatic rings. The van der Waals surface area contributed by atoms with Crippen LogP contribution in [0.4, 0.5) is 0 Å². The van der Waals surface area contributed by atoms with Gasteiger partial charge in [0, 0.05) is 0 Å². The third-order valence-corrected chi connectivity index (χ3v) is 11.0. The SMILES string of the molecule is CC(C)CCC[C@@H](C)[C@H]1CC[C@H]2C3=C(CC[C@]12C)[C@@]1(C)CC[C@H](OC(=O)c2ccccc2)C[C@@H]1C=C3. The van der Waals surface area contributed by atoms with E-state index in [4.69, 9.17) is 4.74 Å². The monoisotopic (exact) mass is 488 g/mol. The van der Waals surface area contributed by atoms with E-state index in [1.54, 1.807) is 11.1 Å². The number of hydrogen-bond acceptors (Lipinski definition) is 2. The van der Waals surface area contributed by atoms with E-state index in [9.17, 15) is 4.79 Å². The first-order valence-electron chi connectivity index (χ1n) is 14.9. The van der Waals surface area contributed by atoms with Crippen LogP contribution in [0.5, 0.6) is 0 Å². The van der Waals surface area contributed by atoms with E-state index in [0.717, 1.165) is 42.9 Å². The van der Waals surface area contributed by atoms with Crippen LogP contribution in [-0.4, -0.2) is 12.1 Å². The average Bonchev–Trinajstić information content (AvgIpc) is 3.22. The Morgan fingerprint density at radius 2 is 1.81 bits per heavy atom. The van der Waals surface area contributed by atoms with Gasteiger partial charge in [-0.25, -0.2) is 4.79 Å². The van der Waals surface area contributed by atoms with E-state index in [0.29, 0.717) is 16.9 Å². The van der Waals surface area contributed by atoms with Gasteiger partial charge in [-0.3, -0.25) is 0 Å². The van der Waals surface area contributed by atoms with Crippen LogP contribution in [0.25, 0.3) is 0 Å². The average molecular weight is 489 g/mol. The Hall–Kier alpha value is -1.83. The number of rotatable bonds is 7. The zero-order valence-corrected chi connectivity index (χ0v) is 23.4. The molecule has 0 N–H and O–H groups in total. The van der Waals surface area contributed by atoms with Gasteiger partial charge in [0.05, 0.1) is 5.56 Å². The van der Waals surface area contributed by atoms with Crippen molar-refractivity contribution < 1.29 is 9.53 Å². The molecule has 0 aromatic heterocycles. The van der Waals surface area contributed by atoms with Crippen molar-refractivity contribution in [3.63, 3.8) is 0 Å². The molecule has 0 bridgehead atoms. The Morgan fingerprint density at radius 1 is 1.03 bits per heavy atom. The van der Waals surface area contributed by atoms with Gasteiger partial charge in [0.2, 0.25) is 0 Å². The van der Waals surface area contributed by atoms with Gasteiger partial charge in [0.1, 0.15) is 6.10 Å². The Bertz CT molecular complexity index is 1000. The minimum Gasteiger partial charge on any atom is -0.459 e. The number of allylic oxidation sites excluding steroid dienone is 4. The normalized spacial score (nSPS) is 36.3. The summed E-state index contributed by atoms with van der Waals surface area (Å²) in [6.45, 7) is 12.4. The molecule has 1 aromatic carbocycles. The van der Waals surface area contributed by atoms with Crippen molar-refractivity contribution in [1.29, 1.82) is 0 Å². The fourth-order valence-corrected chi connectivity index (χ4v) is 8.79. The van der Waals surface area contributed by atoms with Crippen molar-refractivity contribution in [3.8, 4) is 0 Å². The lowest BCUT2D eigenvalue weighted by molar-refractivity contribution is -0.00185. The summed E-state index contributed by atoms with van der Waals surface area (Å²) in [5, 5.41) is 0. The molecule has 2 fully saturated rings. The molecule has 0 radical (unpaired) electrons. The number of ether oxygens (including phenoxy) is 1. The molecule has 0 aliphatic heterocycles. The lowest BCUT2D eigenvalue weighted by atomic mass is 9.52. The molecule has 0 unspecified atom stereocenters. The molecule has 7 atom stereocenters. The van der Waals surface area contributed by atoms with Crippen LogP contribution < -0.4 is 0 Å². The van der Waals surface area contributed by atoms with Crippen molar-refractivity contribution in [2.24, 2.45) is 40.4 Å². The van der Waals surface area contributed by atoms with Gasteiger partial charge < -0.3 is 4.74 Å². The van der Waals surface area contributed by atoms with Crippen LogP contribution >= 0.6 is 0 Å². The van der Waals surface area contributed by atoms with Gasteiger partial charge in [0.15, 0.2) is 0 Å². The maximum Gasteiger partial charge on any atom is 0.338 e. The molecule has 4 aliphatic carbocycles. The van der Waals surface area contributed by atoms with Crippen LogP contribution in [0.1, 0.15) is 109 Å². The van der Waals surface area contributed by atoms with E-state index >= 15 is 0 Å². The Balaban J connectivity index is 1.27. The first kappa shape index (κ1) is 25.8. The van der Waals surface area contributed by atoms with Crippen molar-refractivity contribution in [3.05, 3.63) is 59.2 Å². The van der Waals surface area contributed by atoms with Crippen LogP contribution in [-0.2, 0) is 4.74 Å². The highest BCUT2D eigenvalue weighted by atomic mass is 16.5. The summed E-state index contributed by atoms with van der Waals surface area (Å²) >= 11 is 0. The zero-order chi connectivity index (χ0) is 25.5. The Labute approximate surface area is 220 Å². The molecule has 5 rings (SSSR count). The number of fused-ring (bicyclic) bond motifs is 4. The maximum absolute atomic E-state index is 12.7. The second-order valence-corrected chi connectivity index (χ2v) is 13.5. The van der Waals surface area contributed by atoms with E-state index in [-0.39, 0.29) is 17.5 Å². The van der Waals surface area contributed by atoms with Gasteiger partial charge in [-0.1, -0.05) is 89.8 Å². The van der Waals surface area contributed by atoms with Gasteiger partial charge in [-0.05, 0) is 103 Å². The fraction of sp³-hybridized carbons (Fsp3) is 0.676. The standard InChI is InChI=1S/C34H48O2/c1-23(2)10-9-11-24(3)29-16-17-30-28-15-14-26-22-27(36-32(35)25-12-7-6-8-13-25)18-20-33(26,4)31(28)19-21-34(29,30)5/h6-8,12-15,23-24,26-27,29-30H,9-11,16-22H2,1-5H3/t24-,26+,27+,29-,30+,33+,34-/m1/s1. The van der Waals surface area contributed by atoms with E-state index < -0.39 is 0 Å². The number of carbonyl (C=O) groups excluding carboxylic acids is 1. The minimum atomic E-state index is -0.170. The molecule has 2 saturated carbocycles. The minimum absolute atomic E-state index is 0.0268. The number of benzene rings is 1. The summed E-state index contributed by atoms with van der Waals surface area (Å²) < 4.78 is 5.99. The number of carbonyl (C=O) groups is 1. The second kappa shape index (κ2) is 10.1. The summed E-state index contributed by atoms with van der Waals surface area (Å²) in [5.74, 6) is 3.58. The predicted octanol–water partition coefficient (Wildman–Crippen LogP) is 9.17. The molecule has 0 saturated heterocycles. The Kier molecular flexibility index (Phi) is 7.27. The van der Waals surface area contributed by atoms with Crippen LogP contribution in [0, 0.1) is 40.4 Å². The molecule has 0 spiro atoms. The number of hydrogen-bond donors (Lipinski definition) is 0. The second-order valence-electron chi connectivity index (χ2n) is 13.5. The van der Waals surface area contributed by atoms with Crippen molar-refractivity contribution >= 4 is 5.97 Å². The highest BCUT2D eigenvalue weighted by molar-refractivity contribution is 5.89. The molecule has 2 nitrogen and oxygen atoms in total. The summed E-state index contributed by atoms with van der Waals surface area (Å²) in [6, 6.07) is 9.46. The highest BCUT2D eigenvalue weighted by Gasteiger charge is 2.55. The zero-order valence-electron chi connectivity index (χ0n) is 23.4. The quantitative estimate of drug-likeness (QED) is 0.358. The van der Waals surface area contributed by atoms with Gasteiger partial charge in [-0.2, -0.15) is 0 Å². The number of esters is 1. The Morgan fingerprint density at radius 3 is 2.56 bits per heavy atom. The molecule has 1 aromatic rings.